The largest absolute Gasteiger partial charge is 0.463 e. The smallest absolute Gasteiger partial charge is 0.253 e. The van der Waals surface area contributed by atoms with E-state index in [1.165, 1.54) is 0 Å². The average molecular weight is 550 g/mol. The molecule has 1 N–H and O–H groups in total. The number of rotatable bonds is 6. The lowest BCUT2D eigenvalue weighted by atomic mass is 10.0. The molecule has 1 amide bonds. The van der Waals surface area contributed by atoms with E-state index in [4.69, 9.17) is 9.47 Å². The highest BCUT2D eigenvalue weighted by Gasteiger charge is 2.24. The van der Waals surface area contributed by atoms with Crippen LogP contribution >= 0.6 is 0 Å². The van der Waals surface area contributed by atoms with Gasteiger partial charge in [0.15, 0.2) is 5.43 Å². The lowest BCUT2D eigenvalue weighted by Gasteiger charge is -2.27. The molecule has 3 aromatic heterocycles. The van der Waals surface area contributed by atoms with Crippen molar-refractivity contribution in [3.63, 3.8) is 0 Å². The van der Waals surface area contributed by atoms with Crippen LogP contribution in [0.5, 0.6) is 0 Å². The van der Waals surface area contributed by atoms with E-state index in [2.05, 4.69) is 27.1 Å². The lowest BCUT2D eigenvalue weighted by molar-refractivity contribution is 0.0950. The number of nitrogens with one attached hydrogen (secondary N) is 1. The first-order valence-corrected chi connectivity index (χ1v) is 13.8. The van der Waals surface area contributed by atoms with Gasteiger partial charge in [-0.15, -0.1) is 0 Å². The number of carbonyl (C=O) groups is 1. The fourth-order valence-corrected chi connectivity index (χ4v) is 5.10. The van der Waals surface area contributed by atoms with E-state index in [-0.39, 0.29) is 23.8 Å². The topological polar surface area (TPSA) is 98.6 Å². The average Bonchev–Trinajstić information content (AvgIpc) is 3.25. The van der Waals surface area contributed by atoms with Gasteiger partial charge in [0.2, 0.25) is 0 Å². The standard InChI is InChI=1S/C32H31N5O4/c1-22-9-11-27(41-17-13-22)29-26(21-35-32(39)23-10-12-28(34-20-23)36-15-18-40-19-16-36)30(38)25-8-5-14-33-31(25)37(29)24-6-3-2-4-7-24/h2-8,10-14,17,20,22H,9,15-16,18-19,21H2,1H3,(H,35,39). The van der Waals surface area contributed by atoms with E-state index < -0.39 is 0 Å². The quantitative estimate of drug-likeness (QED) is 0.379. The maximum Gasteiger partial charge on any atom is 0.253 e. The van der Waals surface area contributed by atoms with Gasteiger partial charge in [-0.25, -0.2) is 9.97 Å². The number of allylic oxidation sites excluding steroid dienone is 2. The summed E-state index contributed by atoms with van der Waals surface area (Å²) in [6, 6.07) is 16.8. The Kier molecular flexibility index (Phi) is 7.60. The van der Waals surface area contributed by atoms with Crippen LogP contribution in [0.4, 0.5) is 5.82 Å². The van der Waals surface area contributed by atoms with E-state index in [9.17, 15) is 9.59 Å². The number of carbonyl (C=O) groups excluding carboxylic acids is 1. The van der Waals surface area contributed by atoms with Gasteiger partial charge in [0, 0.05) is 43.3 Å². The van der Waals surface area contributed by atoms with Gasteiger partial charge < -0.3 is 19.7 Å². The molecule has 4 aromatic rings. The van der Waals surface area contributed by atoms with Crippen LogP contribution in [0, 0.1) is 5.92 Å². The molecule has 1 aromatic carbocycles. The van der Waals surface area contributed by atoms with Crippen LogP contribution in [0.1, 0.15) is 35.0 Å². The zero-order valence-corrected chi connectivity index (χ0v) is 22.8. The molecule has 5 heterocycles. The summed E-state index contributed by atoms with van der Waals surface area (Å²) >= 11 is 0. The summed E-state index contributed by atoms with van der Waals surface area (Å²) in [5, 5.41) is 3.41. The van der Waals surface area contributed by atoms with Crippen LogP contribution in [-0.2, 0) is 16.0 Å². The molecular formula is C32H31N5O4. The zero-order chi connectivity index (χ0) is 28.2. The SMILES string of the molecule is CC1C=COC(c2c(CNC(=O)c3ccc(N4CCOCC4)nc3)c(=O)c3cccnc3n2-c2ccccc2)=CC1. The lowest BCUT2D eigenvalue weighted by Crippen LogP contribution is -2.36. The van der Waals surface area contributed by atoms with Crippen molar-refractivity contribution in [2.45, 2.75) is 19.9 Å². The third-order valence-corrected chi connectivity index (χ3v) is 7.32. The van der Waals surface area contributed by atoms with Gasteiger partial charge in [-0.2, -0.15) is 0 Å². The molecule has 0 spiro atoms. The van der Waals surface area contributed by atoms with E-state index >= 15 is 0 Å². The van der Waals surface area contributed by atoms with E-state index in [0.29, 0.717) is 46.8 Å². The predicted molar refractivity (Wildman–Crippen MR) is 158 cm³/mol. The van der Waals surface area contributed by atoms with E-state index in [0.717, 1.165) is 31.0 Å². The van der Waals surface area contributed by atoms with Crippen LogP contribution < -0.4 is 15.6 Å². The number of morpholine rings is 1. The Morgan fingerprint density at radius 2 is 1.88 bits per heavy atom. The first kappa shape index (κ1) is 26.5. The molecule has 1 atom stereocenters. The Morgan fingerprint density at radius 1 is 1.05 bits per heavy atom. The number of amides is 1. The highest BCUT2D eigenvalue weighted by Crippen LogP contribution is 2.29. The second-order valence-corrected chi connectivity index (χ2v) is 10.1. The van der Waals surface area contributed by atoms with Crippen molar-refractivity contribution >= 4 is 28.5 Å². The zero-order valence-electron chi connectivity index (χ0n) is 22.8. The predicted octanol–water partition coefficient (Wildman–Crippen LogP) is 4.46. The summed E-state index contributed by atoms with van der Waals surface area (Å²) in [4.78, 5) is 38.4. The number of nitrogens with zero attached hydrogens (tertiary/aromatic N) is 4. The molecule has 0 radical (unpaired) electrons. The summed E-state index contributed by atoms with van der Waals surface area (Å²) in [7, 11) is 0. The number of benzene rings is 1. The monoisotopic (exact) mass is 549 g/mol. The molecule has 2 aliphatic rings. The number of pyridine rings is 3. The first-order chi connectivity index (χ1) is 20.1. The van der Waals surface area contributed by atoms with Crippen molar-refractivity contribution in [2.75, 3.05) is 31.2 Å². The number of aromatic nitrogens is 3. The summed E-state index contributed by atoms with van der Waals surface area (Å²) in [6.45, 7) is 4.93. The Balaban J connectivity index is 1.40. The molecular weight excluding hydrogens is 518 g/mol. The van der Waals surface area contributed by atoms with Crippen molar-refractivity contribution in [1.29, 1.82) is 0 Å². The van der Waals surface area contributed by atoms with Crippen LogP contribution in [0.2, 0.25) is 0 Å². The Hall–Kier alpha value is -4.76. The maximum atomic E-state index is 14.0. The molecule has 41 heavy (non-hydrogen) atoms. The molecule has 1 fully saturated rings. The first-order valence-electron chi connectivity index (χ1n) is 13.8. The molecule has 9 heteroatoms. The van der Waals surface area contributed by atoms with Gasteiger partial charge in [0.25, 0.3) is 5.91 Å². The number of ether oxygens (including phenoxy) is 2. The number of anilines is 1. The second-order valence-electron chi connectivity index (χ2n) is 10.1. The van der Waals surface area contributed by atoms with E-state index in [1.807, 2.05) is 53.1 Å². The fourth-order valence-electron chi connectivity index (χ4n) is 5.10. The number of para-hydroxylation sites is 1. The van der Waals surface area contributed by atoms with Crippen molar-refractivity contribution in [1.82, 2.24) is 19.9 Å². The molecule has 9 nitrogen and oxygen atoms in total. The van der Waals surface area contributed by atoms with Gasteiger partial charge in [0.05, 0.1) is 36.1 Å². The molecule has 0 bridgehead atoms. The van der Waals surface area contributed by atoms with E-state index in [1.54, 1.807) is 36.9 Å². The van der Waals surface area contributed by atoms with Crippen molar-refractivity contribution in [3.8, 4) is 5.69 Å². The molecule has 1 unspecified atom stereocenters. The van der Waals surface area contributed by atoms with Crippen LogP contribution in [0.3, 0.4) is 0 Å². The summed E-state index contributed by atoms with van der Waals surface area (Å²) < 4.78 is 13.4. The third-order valence-electron chi connectivity index (χ3n) is 7.32. The molecule has 1 saturated heterocycles. The molecule has 0 saturated carbocycles. The van der Waals surface area contributed by atoms with Gasteiger partial charge in [-0.05, 0) is 60.9 Å². The van der Waals surface area contributed by atoms with Crippen molar-refractivity contribution in [3.05, 3.63) is 112 Å². The molecule has 0 aliphatic carbocycles. The summed E-state index contributed by atoms with van der Waals surface area (Å²) in [6.07, 6.45) is 9.62. The van der Waals surface area contributed by atoms with Crippen LogP contribution in [0.25, 0.3) is 22.5 Å². The summed E-state index contributed by atoms with van der Waals surface area (Å²) in [5.41, 5.74) is 2.52. The minimum atomic E-state index is -0.321. The van der Waals surface area contributed by atoms with Crippen LogP contribution in [0.15, 0.2) is 90.2 Å². The fraction of sp³-hybridized carbons (Fsp3) is 0.250. The minimum Gasteiger partial charge on any atom is -0.463 e. The Labute approximate surface area is 237 Å². The van der Waals surface area contributed by atoms with Crippen molar-refractivity contribution in [2.24, 2.45) is 5.92 Å². The highest BCUT2D eigenvalue weighted by molar-refractivity contribution is 5.94. The second kappa shape index (κ2) is 11.8. The van der Waals surface area contributed by atoms with Crippen LogP contribution in [-0.4, -0.2) is 46.7 Å². The highest BCUT2D eigenvalue weighted by atomic mass is 16.5. The van der Waals surface area contributed by atoms with Gasteiger partial charge in [0.1, 0.15) is 17.2 Å². The minimum absolute atomic E-state index is 0.00412. The maximum absolute atomic E-state index is 14.0. The van der Waals surface area contributed by atoms with Gasteiger partial charge in [-0.3, -0.25) is 14.2 Å². The molecule has 2 aliphatic heterocycles. The third kappa shape index (κ3) is 5.49. The number of fused-ring (bicyclic) bond motifs is 1. The Bertz CT molecular complexity index is 1670. The number of hydrogen-bond donors (Lipinski definition) is 1. The van der Waals surface area contributed by atoms with Gasteiger partial charge >= 0.3 is 0 Å². The summed E-state index contributed by atoms with van der Waals surface area (Å²) in [5.74, 6) is 1.30. The molecule has 6 rings (SSSR count). The van der Waals surface area contributed by atoms with Crippen molar-refractivity contribution < 1.29 is 14.3 Å². The van der Waals surface area contributed by atoms with Gasteiger partial charge in [-0.1, -0.05) is 25.1 Å². The number of hydrogen-bond acceptors (Lipinski definition) is 7. The molecule has 208 valence electrons. The Morgan fingerprint density at radius 3 is 2.66 bits per heavy atom. The normalized spacial score (nSPS) is 17.0.